The third-order valence-corrected chi connectivity index (χ3v) is 3.92. The Balaban J connectivity index is 2.37. The molecule has 0 aliphatic carbocycles. The Hall–Kier alpha value is -0.640. The summed E-state index contributed by atoms with van der Waals surface area (Å²) in [6.45, 7) is 3.10. The van der Waals surface area contributed by atoms with Gasteiger partial charge >= 0.3 is 0 Å². The summed E-state index contributed by atoms with van der Waals surface area (Å²) in [5, 5.41) is 7.84. The van der Waals surface area contributed by atoms with Gasteiger partial charge in [-0.1, -0.05) is 41.1 Å². The van der Waals surface area contributed by atoms with Crippen LogP contribution in [0.2, 0.25) is 0 Å². The Morgan fingerprint density at radius 1 is 1.31 bits per heavy atom. The van der Waals surface area contributed by atoms with Gasteiger partial charge in [-0.25, -0.2) is 0 Å². The zero-order chi connectivity index (χ0) is 11.4. The molecule has 0 saturated carbocycles. The van der Waals surface area contributed by atoms with Gasteiger partial charge in [-0.3, -0.25) is 0 Å². The lowest BCUT2D eigenvalue weighted by atomic mass is 10.0. The minimum atomic E-state index is 0.284. The van der Waals surface area contributed by atoms with E-state index in [2.05, 4.69) is 63.2 Å². The van der Waals surface area contributed by atoms with Gasteiger partial charge in [0.1, 0.15) is 0 Å². The van der Waals surface area contributed by atoms with Crippen LogP contribution in [0.4, 0.5) is 0 Å². The van der Waals surface area contributed by atoms with Crippen LogP contribution < -0.4 is 5.32 Å². The predicted octanol–water partition coefficient (Wildman–Crippen LogP) is 4.21. The molecule has 16 heavy (non-hydrogen) atoms. The molecule has 0 aliphatic rings. The zero-order valence-corrected chi connectivity index (χ0v) is 11.5. The molecule has 1 heterocycles. The van der Waals surface area contributed by atoms with E-state index in [1.165, 1.54) is 11.1 Å². The average molecular weight is 296 g/mol. The van der Waals surface area contributed by atoms with Gasteiger partial charge in [0.2, 0.25) is 0 Å². The number of nitrogens with one attached hydrogen (secondary N) is 1. The Bertz CT molecular complexity index is 439. The first-order valence-corrected chi connectivity index (χ1v) is 7.06. The number of hydrogen-bond donors (Lipinski definition) is 1. The lowest BCUT2D eigenvalue weighted by Gasteiger charge is -2.18. The van der Waals surface area contributed by atoms with Gasteiger partial charge in [-0.05, 0) is 40.6 Å². The van der Waals surface area contributed by atoms with Crippen LogP contribution in [0.1, 0.15) is 24.1 Å². The molecule has 1 aromatic carbocycles. The molecule has 2 rings (SSSR count). The second kappa shape index (κ2) is 5.62. The molecule has 1 aromatic heterocycles. The normalized spacial score (nSPS) is 12.6. The molecule has 3 heteroatoms. The molecule has 1 N–H and O–H groups in total. The maximum Gasteiger partial charge on any atom is 0.0595 e. The van der Waals surface area contributed by atoms with Crippen LogP contribution in [0.25, 0.3) is 0 Å². The second-order valence-corrected chi connectivity index (χ2v) is 5.20. The molecule has 0 spiro atoms. The average Bonchev–Trinajstić information content (AvgIpc) is 2.80. The smallest absolute Gasteiger partial charge is 0.0595 e. The van der Waals surface area contributed by atoms with Crippen molar-refractivity contribution in [3.63, 3.8) is 0 Å². The molecule has 1 nitrogen and oxygen atoms in total. The number of thiophene rings is 1. The van der Waals surface area contributed by atoms with Crippen molar-refractivity contribution in [1.82, 2.24) is 5.32 Å². The second-order valence-electron chi connectivity index (χ2n) is 3.57. The number of benzene rings is 1. The molecule has 1 atom stereocenters. The van der Waals surface area contributed by atoms with E-state index in [0.717, 1.165) is 11.0 Å². The first-order valence-electron chi connectivity index (χ1n) is 5.33. The summed E-state index contributed by atoms with van der Waals surface area (Å²) in [7, 11) is 0. The topological polar surface area (TPSA) is 12.0 Å². The molecule has 0 amide bonds. The lowest BCUT2D eigenvalue weighted by Crippen LogP contribution is -2.21. The van der Waals surface area contributed by atoms with Crippen molar-refractivity contribution in [1.29, 1.82) is 0 Å². The number of halogens is 1. The minimum absolute atomic E-state index is 0.284. The Morgan fingerprint density at radius 3 is 2.75 bits per heavy atom. The molecule has 1 unspecified atom stereocenters. The molecule has 2 aromatic rings. The monoisotopic (exact) mass is 295 g/mol. The molecule has 0 radical (unpaired) electrons. The molecular weight excluding hydrogens is 282 g/mol. The van der Waals surface area contributed by atoms with Crippen LogP contribution in [-0.2, 0) is 0 Å². The van der Waals surface area contributed by atoms with Crippen molar-refractivity contribution in [2.24, 2.45) is 0 Å². The highest BCUT2D eigenvalue weighted by atomic mass is 79.9. The lowest BCUT2D eigenvalue weighted by molar-refractivity contribution is 0.630. The highest BCUT2D eigenvalue weighted by Crippen LogP contribution is 2.29. The standard InChI is InChI=1S/C13H14BrNS/c1-2-15-13(10-7-8-16-9-10)11-5-3-4-6-12(11)14/h3-9,13,15H,2H2,1H3. The van der Waals surface area contributed by atoms with Crippen LogP contribution in [0.15, 0.2) is 45.6 Å². The van der Waals surface area contributed by atoms with Gasteiger partial charge < -0.3 is 5.32 Å². The van der Waals surface area contributed by atoms with E-state index in [0.29, 0.717) is 0 Å². The largest absolute Gasteiger partial charge is 0.306 e. The van der Waals surface area contributed by atoms with Gasteiger partial charge in [-0.15, -0.1) is 0 Å². The Kier molecular flexibility index (Phi) is 4.16. The molecule has 84 valence electrons. The van der Waals surface area contributed by atoms with Gasteiger partial charge in [0.25, 0.3) is 0 Å². The van der Waals surface area contributed by atoms with E-state index < -0.39 is 0 Å². The Labute approximate surface area is 109 Å². The zero-order valence-electron chi connectivity index (χ0n) is 9.11. The van der Waals surface area contributed by atoms with Crippen molar-refractivity contribution in [2.75, 3.05) is 6.54 Å². The molecule has 0 saturated heterocycles. The summed E-state index contributed by atoms with van der Waals surface area (Å²) in [4.78, 5) is 0. The highest BCUT2D eigenvalue weighted by molar-refractivity contribution is 9.10. The molecule has 0 bridgehead atoms. The van der Waals surface area contributed by atoms with Crippen molar-refractivity contribution in [3.05, 3.63) is 56.7 Å². The first kappa shape index (κ1) is 11.8. The maximum atomic E-state index is 3.62. The molecule has 0 aliphatic heterocycles. The minimum Gasteiger partial charge on any atom is -0.306 e. The van der Waals surface area contributed by atoms with Crippen LogP contribution in [0.5, 0.6) is 0 Å². The Morgan fingerprint density at radius 2 is 2.12 bits per heavy atom. The van der Waals surface area contributed by atoms with Crippen molar-refractivity contribution in [2.45, 2.75) is 13.0 Å². The summed E-state index contributed by atoms with van der Waals surface area (Å²) in [5.41, 5.74) is 2.63. The van der Waals surface area contributed by atoms with Gasteiger partial charge in [0.15, 0.2) is 0 Å². The predicted molar refractivity (Wildman–Crippen MR) is 74.0 cm³/mol. The van der Waals surface area contributed by atoms with E-state index in [1.807, 2.05) is 6.07 Å². The van der Waals surface area contributed by atoms with E-state index in [-0.39, 0.29) is 6.04 Å². The van der Waals surface area contributed by atoms with E-state index in [4.69, 9.17) is 0 Å². The van der Waals surface area contributed by atoms with Gasteiger partial charge in [0, 0.05) is 4.47 Å². The fraction of sp³-hybridized carbons (Fsp3) is 0.231. The fourth-order valence-corrected chi connectivity index (χ4v) is 2.96. The van der Waals surface area contributed by atoms with E-state index in [9.17, 15) is 0 Å². The van der Waals surface area contributed by atoms with Crippen LogP contribution in [-0.4, -0.2) is 6.54 Å². The third-order valence-electron chi connectivity index (χ3n) is 2.50. The van der Waals surface area contributed by atoms with Gasteiger partial charge in [0.05, 0.1) is 6.04 Å². The summed E-state index contributed by atoms with van der Waals surface area (Å²) in [5.74, 6) is 0. The van der Waals surface area contributed by atoms with Crippen LogP contribution in [0.3, 0.4) is 0 Å². The van der Waals surface area contributed by atoms with Crippen molar-refractivity contribution >= 4 is 27.3 Å². The number of rotatable bonds is 4. The first-order chi connectivity index (χ1) is 7.83. The fourth-order valence-electron chi connectivity index (χ4n) is 1.76. The van der Waals surface area contributed by atoms with Crippen molar-refractivity contribution < 1.29 is 0 Å². The summed E-state index contributed by atoms with van der Waals surface area (Å²) >= 11 is 5.35. The summed E-state index contributed by atoms with van der Waals surface area (Å²) < 4.78 is 1.16. The molecular formula is C13H14BrNS. The molecule has 0 fully saturated rings. The highest BCUT2D eigenvalue weighted by Gasteiger charge is 2.15. The van der Waals surface area contributed by atoms with E-state index >= 15 is 0 Å². The van der Waals surface area contributed by atoms with Crippen LogP contribution in [0, 0.1) is 0 Å². The maximum absolute atomic E-state index is 3.62. The quantitative estimate of drug-likeness (QED) is 0.891. The third kappa shape index (κ3) is 2.54. The van der Waals surface area contributed by atoms with Gasteiger partial charge in [-0.2, -0.15) is 11.3 Å². The van der Waals surface area contributed by atoms with Crippen molar-refractivity contribution in [3.8, 4) is 0 Å². The van der Waals surface area contributed by atoms with Crippen LogP contribution >= 0.6 is 27.3 Å². The van der Waals surface area contributed by atoms with E-state index in [1.54, 1.807) is 11.3 Å². The SMILES string of the molecule is CCNC(c1ccsc1)c1ccccc1Br. The number of hydrogen-bond acceptors (Lipinski definition) is 2. The summed E-state index contributed by atoms with van der Waals surface area (Å²) in [6, 6.07) is 10.8. The summed E-state index contributed by atoms with van der Waals surface area (Å²) in [6.07, 6.45) is 0.